The minimum atomic E-state index is -0.117. The largest absolute Gasteiger partial charge is 0.494 e. The number of nitrogen functional groups attached to an aromatic ring is 1. The van der Waals surface area contributed by atoms with Gasteiger partial charge in [0.15, 0.2) is 0 Å². The molecule has 0 atom stereocenters. The first-order valence-electron chi connectivity index (χ1n) is 9.89. The fraction of sp³-hybridized carbons (Fsp3) is 0.476. The standard InChI is InChI=1S/C21H26N4O3/c1-2-28-15-5-3-14(4-6-15)13-17(26)25-11-9-21(10-12-25)8-7-16-18(21)23-20(22)24-19(16)27/h3-6H,2,7-13H2,1H3,(H3,22,23,24,27). The molecule has 3 N–H and O–H groups in total. The van der Waals surface area contributed by atoms with Gasteiger partial charge >= 0.3 is 0 Å². The van der Waals surface area contributed by atoms with Crippen molar-refractivity contribution in [3.8, 4) is 5.75 Å². The van der Waals surface area contributed by atoms with E-state index in [0.717, 1.165) is 48.3 Å². The predicted octanol–water partition coefficient (Wildman–Crippen LogP) is 1.80. The van der Waals surface area contributed by atoms with Crippen molar-refractivity contribution < 1.29 is 9.53 Å². The first kappa shape index (κ1) is 18.5. The summed E-state index contributed by atoms with van der Waals surface area (Å²) in [6.45, 7) is 3.94. The molecule has 28 heavy (non-hydrogen) atoms. The maximum atomic E-state index is 12.7. The topological polar surface area (TPSA) is 101 Å². The summed E-state index contributed by atoms with van der Waals surface area (Å²) in [5.41, 5.74) is 8.15. The molecule has 1 aliphatic heterocycles. The van der Waals surface area contributed by atoms with Crippen LogP contribution in [0, 0.1) is 0 Å². The molecule has 2 aliphatic rings. The maximum Gasteiger partial charge on any atom is 0.255 e. The van der Waals surface area contributed by atoms with Crippen LogP contribution in [0.2, 0.25) is 0 Å². The molecule has 148 valence electrons. The summed E-state index contributed by atoms with van der Waals surface area (Å²) in [5.74, 6) is 1.13. The fourth-order valence-corrected chi connectivity index (χ4v) is 4.50. The molecular formula is C21H26N4O3. The van der Waals surface area contributed by atoms with Crippen LogP contribution in [0.25, 0.3) is 0 Å². The molecule has 0 saturated carbocycles. The molecule has 1 spiro atoms. The van der Waals surface area contributed by atoms with E-state index >= 15 is 0 Å². The van der Waals surface area contributed by atoms with Crippen molar-refractivity contribution in [2.45, 2.75) is 44.4 Å². The Morgan fingerprint density at radius 1 is 1.25 bits per heavy atom. The van der Waals surface area contributed by atoms with Crippen LogP contribution in [0.1, 0.15) is 43.0 Å². The molecule has 1 saturated heterocycles. The Balaban J connectivity index is 1.41. The maximum absolute atomic E-state index is 12.7. The Kier molecular flexibility index (Phi) is 4.83. The minimum Gasteiger partial charge on any atom is -0.494 e. The van der Waals surface area contributed by atoms with Gasteiger partial charge in [-0.2, -0.15) is 0 Å². The summed E-state index contributed by atoms with van der Waals surface area (Å²) in [5, 5.41) is 0. The van der Waals surface area contributed by atoms with Crippen LogP contribution < -0.4 is 16.0 Å². The number of carbonyl (C=O) groups excluding carboxylic acids is 1. The molecular weight excluding hydrogens is 356 g/mol. The van der Waals surface area contributed by atoms with Crippen molar-refractivity contribution in [2.24, 2.45) is 0 Å². The number of aromatic amines is 1. The molecule has 1 aromatic carbocycles. The second kappa shape index (κ2) is 7.30. The van der Waals surface area contributed by atoms with Crippen molar-refractivity contribution in [1.29, 1.82) is 0 Å². The van der Waals surface area contributed by atoms with E-state index in [0.29, 0.717) is 26.1 Å². The van der Waals surface area contributed by atoms with Crippen LogP contribution in [0.4, 0.5) is 5.95 Å². The highest BCUT2D eigenvalue weighted by atomic mass is 16.5. The number of hydrogen-bond acceptors (Lipinski definition) is 5. The molecule has 1 fully saturated rings. The average Bonchev–Trinajstić information content (AvgIpc) is 3.02. The van der Waals surface area contributed by atoms with Crippen LogP contribution in [-0.4, -0.2) is 40.5 Å². The van der Waals surface area contributed by atoms with Gasteiger partial charge in [-0.05, 0) is 50.3 Å². The quantitative estimate of drug-likeness (QED) is 0.840. The van der Waals surface area contributed by atoms with Crippen molar-refractivity contribution in [3.63, 3.8) is 0 Å². The summed E-state index contributed by atoms with van der Waals surface area (Å²) in [7, 11) is 0. The normalized spacial score (nSPS) is 17.5. The van der Waals surface area contributed by atoms with Gasteiger partial charge in [-0.3, -0.25) is 14.6 Å². The Morgan fingerprint density at radius 3 is 2.64 bits per heavy atom. The van der Waals surface area contributed by atoms with Gasteiger partial charge in [-0.1, -0.05) is 12.1 Å². The molecule has 2 heterocycles. The van der Waals surface area contributed by atoms with E-state index in [4.69, 9.17) is 10.5 Å². The van der Waals surface area contributed by atoms with Gasteiger partial charge in [0.25, 0.3) is 5.56 Å². The Morgan fingerprint density at radius 2 is 1.96 bits per heavy atom. The number of fused-ring (bicyclic) bond motifs is 2. The zero-order chi connectivity index (χ0) is 19.7. The third-order valence-electron chi connectivity index (χ3n) is 6.05. The SMILES string of the molecule is CCOc1ccc(CC(=O)N2CCC3(CCc4c3nc(N)[nH]c4=O)CC2)cc1. The van der Waals surface area contributed by atoms with E-state index in [9.17, 15) is 9.59 Å². The highest BCUT2D eigenvalue weighted by molar-refractivity contribution is 5.79. The summed E-state index contributed by atoms with van der Waals surface area (Å²) in [4.78, 5) is 33.9. The molecule has 7 nitrogen and oxygen atoms in total. The number of carbonyl (C=O) groups is 1. The molecule has 0 bridgehead atoms. The number of piperidine rings is 1. The lowest BCUT2D eigenvalue weighted by Crippen LogP contribution is -2.45. The number of likely N-dealkylation sites (tertiary alicyclic amines) is 1. The van der Waals surface area contributed by atoms with E-state index < -0.39 is 0 Å². The molecule has 0 radical (unpaired) electrons. The molecule has 0 unspecified atom stereocenters. The summed E-state index contributed by atoms with van der Waals surface area (Å²) >= 11 is 0. The zero-order valence-corrected chi connectivity index (χ0v) is 16.2. The molecule has 1 aromatic heterocycles. The summed E-state index contributed by atoms with van der Waals surface area (Å²) in [6, 6.07) is 7.70. The van der Waals surface area contributed by atoms with Crippen LogP contribution in [-0.2, 0) is 23.1 Å². The van der Waals surface area contributed by atoms with Gasteiger partial charge in [0.2, 0.25) is 11.9 Å². The smallest absolute Gasteiger partial charge is 0.255 e. The van der Waals surface area contributed by atoms with E-state index in [-0.39, 0.29) is 22.8 Å². The predicted molar refractivity (Wildman–Crippen MR) is 106 cm³/mol. The molecule has 7 heteroatoms. The molecule has 1 amide bonds. The minimum absolute atomic E-state index is 0.117. The lowest BCUT2D eigenvalue weighted by atomic mass is 9.76. The summed E-state index contributed by atoms with van der Waals surface area (Å²) in [6.07, 6.45) is 3.68. The number of benzene rings is 1. The Hall–Kier alpha value is -2.83. The zero-order valence-electron chi connectivity index (χ0n) is 16.2. The Labute approximate surface area is 163 Å². The first-order valence-corrected chi connectivity index (χ1v) is 9.89. The van der Waals surface area contributed by atoms with E-state index in [1.807, 2.05) is 36.1 Å². The number of hydrogen-bond donors (Lipinski definition) is 2. The monoisotopic (exact) mass is 382 g/mol. The number of anilines is 1. The van der Waals surface area contributed by atoms with Crippen LogP contribution in [0.5, 0.6) is 5.75 Å². The third-order valence-corrected chi connectivity index (χ3v) is 6.05. The van der Waals surface area contributed by atoms with Gasteiger partial charge in [0.05, 0.1) is 18.7 Å². The highest BCUT2D eigenvalue weighted by Crippen LogP contribution is 2.44. The third kappa shape index (κ3) is 3.37. The van der Waals surface area contributed by atoms with Gasteiger partial charge in [0, 0.05) is 24.1 Å². The van der Waals surface area contributed by atoms with Crippen molar-refractivity contribution in [1.82, 2.24) is 14.9 Å². The number of amides is 1. The number of nitrogens with zero attached hydrogens (tertiary/aromatic N) is 2. The second-order valence-corrected chi connectivity index (χ2v) is 7.69. The number of H-pyrrole nitrogens is 1. The van der Waals surface area contributed by atoms with Crippen LogP contribution in [0.15, 0.2) is 29.1 Å². The summed E-state index contributed by atoms with van der Waals surface area (Å²) < 4.78 is 5.45. The average molecular weight is 382 g/mol. The van der Waals surface area contributed by atoms with Crippen LogP contribution in [0.3, 0.4) is 0 Å². The molecule has 2 aromatic rings. The van der Waals surface area contributed by atoms with Gasteiger partial charge in [-0.25, -0.2) is 4.98 Å². The molecule has 4 rings (SSSR count). The van der Waals surface area contributed by atoms with Crippen LogP contribution >= 0.6 is 0 Å². The second-order valence-electron chi connectivity index (χ2n) is 7.69. The number of aromatic nitrogens is 2. The number of rotatable bonds is 4. The highest BCUT2D eigenvalue weighted by Gasteiger charge is 2.44. The lowest BCUT2D eigenvalue weighted by Gasteiger charge is -2.39. The van der Waals surface area contributed by atoms with Crippen molar-refractivity contribution in [3.05, 3.63) is 51.4 Å². The molecule has 1 aliphatic carbocycles. The fourth-order valence-electron chi connectivity index (χ4n) is 4.50. The van der Waals surface area contributed by atoms with Gasteiger partial charge < -0.3 is 15.4 Å². The first-order chi connectivity index (χ1) is 13.5. The van der Waals surface area contributed by atoms with E-state index in [1.165, 1.54) is 0 Å². The van der Waals surface area contributed by atoms with Crippen molar-refractivity contribution >= 4 is 11.9 Å². The van der Waals surface area contributed by atoms with Gasteiger partial charge in [0.1, 0.15) is 5.75 Å². The lowest BCUT2D eigenvalue weighted by molar-refractivity contribution is -0.132. The van der Waals surface area contributed by atoms with Gasteiger partial charge in [-0.15, -0.1) is 0 Å². The van der Waals surface area contributed by atoms with Crippen molar-refractivity contribution in [2.75, 3.05) is 25.4 Å². The van der Waals surface area contributed by atoms with E-state index in [1.54, 1.807) is 0 Å². The number of nitrogens with two attached hydrogens (primary N) is 1. The Bertz CT molecular complexity index is 928. The number of ether oxygens (including phenoxy) is 1. The van der Waals surface area contributed by atoms with E-state index in [2.05, 4.69) is 9.97 Å². The number of nitrogens with one attached hydrogen (secondary N) is 1.